The zero-order chi connectivity index (χ0) is 18.4. The third-order valence-electron chi connectivity index (χ3n) is 3.38. The Balaban J connectivity index is 1.70. The molecule has 0 aliphatic rings. The Morgan fingerprint density at radius 1 is 1.23 bits per heavy atom. The van der Waals surface area contributed by atoms with Gasteiger partial charge in [0, 0.05) is 5.56 Å². The third-order valence-corrected chi connectivity index (χ3v) is 4.00. The maximum atomic E-state index is 12.1. The lowest BCUT2D eigenvalue weighted by molar-refractivity contribution is 0.338. The summed E-state index contributed by atoms with van der Waals surface area (Å²) in [5, 5.41) is 12.0. The van der Waals surface area contributed by atoms with E-state index in [1.807, 2.05) is 43.3 Å². The Kier molecular flexibility index (Phi) is 5.75. The number of nitrogens with zero attached hydrogens (tertiary/aromatic N) is 3. The predicted molar refractivity (Wildman–Crippen MR) is 105 cm³/mol. The van der Waals surface area contributed by atoms with E-state index in [1.165, 1.54) is 0 Å². The molecule has 0 saturated carbocycles. The SMILES string of the molecule is CCOc1ccc(/C=N/Nc2nnc(-c3ccccc3)c(=O)[nH]2)cc1Br. The molecule has 0 unspecified atom stereocenters. The van der Waals surface area contributed by atoms with Crippen molar-refractivity contribution in [3.05, 3.63) is 68.9 Å². The third kappa shape index (κ3) is 4.34. The van der Waals surface area contributed by atoms with E-state index in [-0.39, 0.29) is 17.2 Å². The molecule has 0 spiro atoms. The summed E-state index contributed by atoms with van der Waals surface area (Å²) in [5.41, 5.74) is 4.14. The number of benzene rings is 2. The molecule has 0 bridgehead atoms. The van der Waals surface area contributed by atoms with E-state index < -0.39 is 0 Å². The number of halogens is 1. The monoisotopic (exact) mass is 413 g/mol. The van der Waals surface area contributed by atoms with Crippen molar-refractivity contribution >= 4 is 28.1 Å². The molecule has 132 valence electrons. The molecule has 7 nitrogen and oxygen atoms in total. The molecule has 8 heteroatoms. The van der Waals surface area contributed by atoms with E-state index in [2.05, 4.69) is 41.6 Å². The fraction of sp³-hybridized carbons (Fsp3) is 0.111. The van der Waals surface area contributed by atoms with Crippen LogP contribution in [-0.4, -0.2) is 28.0 Å². The number of hydrogen-bond acceptors (Lipinski definition) is 6. The molecule has 0 atom stereocenters. The summed E-state index contributed by atoms with van der Waals surface area (Å²) in [5.74, 6) is 0.931. The quantitative estimate of drug-likeness (QED) is 0.476. The van der Waals surface area contributed by atoms with Gasteiger partial charge < -0.3 is 4.74 Å². The Labute approximate surface area is 158 Å². The maximum absolute atomic E-state index is 12.1. The van der Waals surface area contributed by atoms with E-state index in [0.29, 0.717) is 12.2 Å². The smallest absolute Gasteiger partial charge is 0.279 e. The summed E-state index contributed by atoms with van der Waals surface area (Å²) in [4.78, 5) is 14.8. The average Bonchev–Trinajstić information content (AvgIpc) is 2.65. The second-order valence-electron chi connectivity index (χ2n) is 5.21. The average molecular weight is 414 g/mol. The molecular formula is C18H16BrN5O2. The molecule has 26 heavy (non-hydrogen) atoms. The highest BCUT2D eigenvalue weighted by Crippen LogP contribution is 2.25. The minimum atomic E-state index is -0.340. The van der Waals surface area contributed by atoms with Crippen molar-refractivity contribution in [2.45, 2.75) is 6.92 Å². The van der Waals surface area contributed by atoms with Crippen LogP contribution < -0.4 is 15.7 Å². The highest BCUT2D eigenvalue weighted by Gasteiger charge is 2.06. The topological polar surface area (TPSA) is 92.3 Å². The number of H-pyrrole nitrogens is 1. The van der Waals surface area contributed by atoms with E-state index in [1.54, 1.807) is 18.3 Å². The molecule has 0 aliphatic heterocycles. The highest BCUT2D eigenvalue weighted by atomic mass is 79.9. The van der Waals surface area contributed by atoms with Gasteiger partial charge in [-0.15, -0.1) is 10.2 Å². The van der Waals surface area contributed by atoms with Gasteiger partial charge in [-0.25, -0.2) is 5.43 Å². The normalized spacial score (nSPS) is 10.8. The highest BCUT2D eigenvalue weighted by molar-refractivity contribution is 9.10. The number of ether oxygens (including phenoxy) is 1. The van der Waals surface area contributed by atoms with Crippen LogP contribution in [0.5, 0.6) is 5.75 Å². The van der Waals surface area contributed by atoms with Crippen LogP contribution in [0.25, 0.3) is 11.3 Å². The Hall–Kier alpha value is -3.00. The lowest BCUT2D eigenvalue weighted by atomic mass is 10.2. The van der Waals surface area contributed by atoms with Crippen LogP contribution in [0, 0.1) is 0 Å². The van der Waals surface area contributed by atoms with Gasteiger partial charge in [-0.3, -0.25) is 9.78 Å². The molecule has 0 aliphatic carbocycles. The molecule has 0 amide bonds. The summed E-state index contributed by atoms with van der Waals surface area (Å²) in [7, 11) is 0. The van der Waals surface area contributed by atoms with Crippen LogP contribution in [0.4, 0.5) is 5.95 Å². The van der Waals surface area contributed by atoms with E-state index in [4.69, 9.17) is 4.74 Å². The fourth-order valence-corrected chi connectivity index (χ4v) is 2.72. The summed E-state index contributed by atoms with van der Waals surface area (Å²) in [6.45, 7) is 2.52. The van der Waals surface area contributed by atoms with Crippen LogP contribution in [0.1, 0.15) is 12.5 Å². The molecule has 1 aromatic heterocycles. The number of rotatable bonds is 6. The largest absolute Gasteiger partial charge is 0.493 e. The summed E-state index contributed by atoms with van der Waals surface area (Å²) < 4.78 is 6.30. The van der Waals surface area contributed by atoms with Gasteiger partial charge in [0.2, 0.25) is 5.95 Å². The second-order valence-corrected chi connectivity index (χ2v) is 6.06. The van der Waals surface area contributed by atoms with Gasteiger partial charge in [-0.05, 0) is 46.6 Å². The molecule has 0 radical (unpaired) electrons. The van der Waals surface area contributed by atoms with Crippen molar-refractivity contribution in [1.82, 2.24) is 15.2 Å². The van der Waals surface area contributed by atoms with Crippen molar-refractivity contribution in [3.8, 4) is 17.0 Å². The number of anilines is 1. The van der Waals surface area contributed by atoms with Gasteiger partial charge in [0.05, 0.1) is 17.3 Å². The van der Waals surface area contributed by atoms with Crippen LogP contribution in [0.3, 0.4) is 0 Å². The standard InChI is InChI=1S/C18H16BrN5O2/c1-2-26-15-9-8-12(10-14(15)19)11-20-23-18-21-17(25)16(22-24-18)13-6-4-3-5-7-13/h3-11H,2H2,1H3,(H2,21,23,24,25)/b20-11+. The number of hydrazone groups is 1. The van der Waals surface area contributed by atoms with Gasteiger partial charge >= 0.3 is 0 Å². The van der Waals surface area contributed by atoms with E-state index >= 15 is 0 Å². The van der Waals surface area contributed by atoms with Crippen LogP contribution in [0.2, 0.25) is 0 Å². The Morgan fingerprint density at radius 3 is 2.73 bits per heavy atom. The van der Waals surface area contributed by atoms with Gasteiger partial charge in [-0.2, -0.15) is 5.10 Å². The van der Waals surface area contributed by atoms with Gasteiger partial charge in [0.25, 0.3) is 5.56 Å². The first-order valence-electron chi connectivity index (χ1n) is 7.91. The first-order chi connectivity index (χ1) is 12.7. The molecule has 2 N–H and O–H groups in total. The molecular weight excluding hydrogens is 398 g/mol. The lowest BCUT2D eigenvalue weighted by Crippen LogP contribution is -2.15. The van der Waals surface area contributed by atoms with Crippen molar-refractivity contribution in [3.63, 3.8) is 0 Å². The second kappa shape index (κ2) is 8.39. The van der Waals surface area contributed by atoms with Crippen LogP contribution in [0.15, 0.2) is 62.9 Å². The number of aromatic nitrogens is 3. The van der Waals surface area contributed by atoms with Gasteiger partial charge in [-0.1, -0.05) is 30.3 Å². The zero-order valence-electron chi connectivity index (χ0n) is 13.9. The minimum Gasteiger partial charge on any atom is -0.493 e. The van der Waals surface area contributed by atoms with Crippen molar-refractivity contribution in [2.75, 3.05) is 12.0 Å². The van der Waals surface area contributed by atoms with Crippen molar-refractivity contribution in [2.24, 2.45) is 5.10 Å². The van der Waals surface area contributed by atoms with Gasteiger partial charge in [0.1, 0.15) is 5.75 Å². The molecule has 0 fully saturated rings. The summed E-state index contributed by atoms with van der Waals surface area (Å²) >= 11 is 3.45. The van der Waals surface area contributed by atoms with Crippen LogP contribution in [-0.2, 0) is 0 Å². The van der Waals surface area contributed by atoms with E-state index in [0.717, 1.165) is 15.8 Å². The molecule has 2 aromatic carbocycles. The fourth-order valence-electron chi connectivity index (χ4n) is 2.21. The minimum absolute atomic E-state index is 0.163. The number of nitrogens with one attached hydrogen (secondary N) is 2. The predicted octanol–water partition coefficient (Wildman–Crippen LogP) is 3.44. The van der Waals surface area contributed by atoms with Crippen molar-refractivity contribution in [1.29, 1.82) is 0 Å². The Morgan fingerprint density at radius 2 is 2.04 bits per heavy atom. The molecule has 0 saturated heterocycles. The molecule has 1 heterocycles. The lowest BCUT2D eigenvalue weighted by Gasteiger charge is -2.05. The first-order valence-corrected chi connectivity index (χ1v) is 8.70. The first kappa shape index (κ1) is 17.8. The molecule has 3 rings (SSSR count). The summed E-state index contributed by atoms with van der Waals surface area (Å²) in [6, 6.07) is 14.7. The van der Waals surface area contributed by atoms with E-state index in [9.17, 15) is 4.79 Å². The number of hydrogen-bond donors (Lipinski definition) is 2. The van der Waals surface area contributed by atoms with Crippen LogP contribution >= 0.6 is 15.9 Å². The molecule has 3 aromatic rings. The zero-order valence-corrected chi connectivity index (χ0v) is 15.5. The Bertz CT molecular complexity index is 973. The van der Waals surface area contributed by atoms with Gasteiger partial charge in [0.15, 0.2) is 5.69 Å². The summed E-state index contributed by atoms with van der Waals surface area (Å²) in [6.07, 6.45) is 1.60. The van der Waals surface area contributed by atoms with Crippen molar-refractivity contribution < 1.29 is 4.74 Å². The number of aromatic amines is 1. The maximum Gasteiger partial charge on any atom is 0.279 e.